The van der Waals surface area contributed by atoms with Gasteiger partial charge in [-0.2, -0.15) is 5.10 Å². The molecule has 2 aromatic heterocycles. The maximum absolute atomic E-state index is 12.4. The van der Waals surface area contributed by atoms with E-state index in [-0.39, 0.29) is 11.9 Å². The summed E-state index contributed by atoms with van der Waals surface area (Å²) in [6.07, 6.45) is 14.6. The lowest BCUT2D eigenvalue weighted by molar-refractivity contribution is -0.124. The first-order chi connectivity index (χ1) is 12.8. The van der Waals surface area contributed by atoms with Crippen LogP contribution in [0.4, 0.5) is 0 Å². The van der Waals surface area contributed by atoms with Gasteiger partial charge in [0.15, 0.2) is 0 Å². The van der Waals surface area contributed by atoms with Crippen LogP contribution in [0.3, 0.4) is 0 Å². The van der Waals surface area contributed by atoms with Gasteiger partial charge in [0.25, 0.3) is 0 Å². The molecule has 2 fully saturated rings. The quantitative estimate of drug-likeness (QED) is 0.878. The summed E-state index contributed by atoms with van der Waals surface area (Å²) < 4.78 is 2.05. The Morgan fingerprint density at radius 1 is 1.19 bits per heavy atom. The first-order valence-electron chi connectivity index (χ1n) is 9.64. The molecule has 0 bridgehead atoms. The van der Waals surface area contributed by atoms with Gasteiger partial charge in [0.1, 0.15) is 6.33 Å². The van der Waals surface area contributed by atoms with Crippen LogP contribution in [-0.2, 0) is 4.79 Å². The highest BCUT2D eigenvalue weighted by Gasteiger charge is 2.27. The second kappa shape index (κ2) is 7.95. The molecule has 26 heavy (non-hydrogen) atoms. The third kappa shape index (κ3) is 3.93. The van der Waals surface area contributed by atoms with Crippen LogP contribution >= 0.6 is 0 Å². The Bertz CT molecular complexity index is 717. The number of rotatable bonds is 4. The minimum atomic E-state index is 0.00279. The van der Waals surface area contributed by atoms with Gasteiger partial charge in [-0.1, -0.05) is 6.42 Å². The molecule has 1 aliphatic carbocycles. The smallest absolute Gasteiger partial charge is 0.237 e. The lowest BCUT2D eigenvalue weighted by Crippen LogP contribution is -2.50. The first-order valence-corrected chi connectivity index (χ1v) is 9.64. The predicted octanol–water partition coefficient (Wildman–Crippen LogP) is 2.08. The third-order valence-electron chi connectivity index (χ3n) is 5.52. The predicted molar refractivity (Wildman–Crippen MR) is 98.3 cm³/mol. The van der Waals surface area contributed by atoms with Crippen LogP contribution in [0.15, 0.2) is 31.0 Å². The number of amides is 1. The molecule has 2 N–H and O–H groups in total. The average molecular weight is 354 g/mol. The van der Waals surface area contributed by atoms with Gasteiger partial charge in [-0.25, -0.2) is 9.97 Å². The molecule has 2 aliphatic rings. The lowest BCUT2D eigenvalue weighted by Gasteiger charge is -2.31. The molecule has 0 aromatic carbocycles. The zero-order valence-corrected chi connectivity index (χ0v) is 15.0. The van der Waals surface area contributed by atoms with E-state index in [9.17, 15) is 4.79 Å². The first kappa shape index (κ1) is 17.1. The van der Waals surface area contributed by atoms with E-state index in [0.29, 0.717) is 12.1 Å². The largest absolute Gasteiger partial charge is 0.352 e. The van der Waals surface area contributed by atoms with Crippen molar-refractivity contribution < 1.29 is 4.79 Å². The van der Waals surface area contributed by atoms with E-state index < -0.39 is 0 Å². The number of carbonyl (C=O) groups is 1. The summed E-state index contributed by atoms with van der Waals surface area (Å²) in [7, 11) is 0. The number of nitrogens with zero attached hydrogens (tertiary/aromatic N) is 4. The molecule has 0 spiro atoms. The summed E-state index contributed by atoms with van der Waals surface area (Å²) >= 11 is 0. The van der Waals surface area contributed by atoms with E-state index in [4.69, 9.17) is 0 Å². The highest BCUT2D eigenvalue weighted by atomic mass is 16.2. The van der Waals surface area contributed by atoms with E-state index >= 15 is 0 Å². The minimum absolute atomic E-state index is 0.00279. The number of carbonyl (C=O) groups excluding carboxylic acids is 1. The highest BCUT2D eigenvalue weighted by Crippen LogP contribution is 2.29. The van der Waals surface area contributed by atoms with Crippen molar-refractivity contribution in [1.82, 2.24) is 30.4 Å². The highest BCUT2D eigenvalue weighted by molar-refractivity contribution is 5.82. The van der Waals surface area contributed by atoms with Crippen LogP contribution in [0, 0.1) is 0 Å². The summed E-state index contributed by atoms with van der Waals surface area (Å²) in [6.45, 7) is 0.957. The van der Waals surface area contributed by atoms with Gasteiger partial charge in [0, 0.05) is 24.0 Å². The summed E-state index contributed by atoms with van der Waals surface area (Å²) in [4.78, 5) is 20.6. The Morgan fingerprint density at radius 2 is 2.08 bits per heavy atom. The Labute approximate surface area is 153 Å². The van der Waals surface area contributed by atoms with Crippen LogP contribution in [0.25, 0.3) is 11.3 Å². The molecule has 3 heterocycles. The molecule has 138 valence electrons. The van der Waals surface area contributed by atoms with E-state index in [0.717, 1.165) is 56.3 Å². The molecule has 1 atom stereocenters. The van der Waals surface area contributed by atoms with Crippen molar-refractivity contribution in [2.45, 2.75) is 63.1 Å². The Morgan fingerprint density at radius 3 is 2.81 bits per heavy atom. The average Bonchev–Trinajstić information content (AvgIpc) is 3.20. The molecule has 7 nitrogen and oxygen atoms in total. The van der Waals surface area contributed by atoms with Crippen molar-refractivity contribution in [3.05, 3.63) is 31.0 Å². The second-order valence-corrected chi connectivity index (χ2v) is 7.32. The SMILES string of the molecule is O=C(NC1CCC(n2cc(-c3ccncn3)cn2)CC1)[C@@H]1CCCCN1. The van der Waals surface area contributed by atoms with E-state index in [2.05, 4.69) is 36.6 Å². The monoisotopic (exact) mass is 354 g/mol. The van der Waals surface area contributed by atoms with Gasteiger partial charge in [-0.3, -0.25) is 9.48 Å². The number of nitrogens with one attached hydrogen (secondary N) is 2. The fraction of sp³-hybridized carbons (Fsp3) is 0.579. The zero-order valence-electron chi connectivity index (χ0n) is 15.0. The third-order valence-corrected chi connectivity index (χ3v) is 5.52. The molecular weight excluding hydrogens is 328 g/mol. The van der Waals surface area contributed by atoms with E-state index in [1.54, 1.807) is 12.5 Å². The van der Waals surface area contributed by atoms with E-state index in [1.807, 2.05) is 12.3 Å². The van der Waals surface area contributed by atoms with Crippen molar-refractivity contribution in [1.29, 1.82) is 0 Å². The van der Waals surface area contributed by atoms with Crippen molar-refractivity contribution >= 4 is 5.91 Å². The number of aromatic nitrogens is 4. The van der Waals surface area contributed by atoms with Crippen LogP contribution in [0.5, 0.6) is 0 Å². The number of hydrogen-bond donors (Lipinski definition) is 2. The summed E-state index contributed by atoms with van der Waals surface area (Å²) in [5.41, 5.74) is 1.92. The van der Waals surface area contributed by atoms with Crippen LogP contribution < -0.4 is 10.6 Å². The molecule has 1 saturated heterocycles. The zero-order chi connectivity index (χ0) is 17.8. The van der Waals surface area contributed by atoms with Crippen molar-refractivity contribution in [3.8, 4) is 11.3 Å². The van der Waals surface area contributed by atoms with Crippen LogP contribution in [-0.4, -0.2) is 44.3 Å². The second-order valence-electron chi connectivity index (χ2n) is 7.32. The number of hydrogen-bond acceptors (Lipinski definition) is 5. The normalized spacial score (nSPS) is 26.4. The molecule has 0 radical (unpaired) electrons. The molecule has 1 saturated carbocycles. The lowest BCUT2D eigenvalue weighted by atomic mass is 9.91. The van der Waals surface area contributed by atoms with Crippen molar-refractivity contribution in [3.63, 3.8) is 0 Å². The maximum Gasteiger partial charge on any atom is 0.237 e. The maximum atomic E-state index is 12.4. The van der Waals surface area contributed by atoms with Gasteiger partial charge >= 0.3 is 0 Å². The Hall–Kier alpha value is -2.28. The summed E-state index contributed by atoms with van der Waals surface area (Å²) in [5, 5.41) is 11.1. The molecule has 2 aromatic rings. The Kier molecular flexibility index (Phi) is 5.24. The van der Waals surface area contributed by atoms with Gasteiger partial charge in [0.2, 0.25) is 5.91 Å². The van der Waals surface area contributed by atoms with Gasteiger partial charge in [0.05, 0.1) is 24.0 Å². The van der Waals surface area contributed by atoms with Gasteiger partial charge in [-0.15, -0.1) is 0 Å². The topological polar surface area (TPSA) is 84.7 Å². The fourth-order valence-electron chi connectivity index (χ4n) is 3.99. The van der Waals surface area contributed by atoms with E-state index in [1.165, 1.54) is 6.42 Å². The van der Waals surface area contributed by atoms with Gasteiger partial charge in [-0.05, 0) is 51.1 Å². The van der Waals surface area contributed by atoms with Crippen molar-refractivity contribution in [2.24, 2.45) is 0 Å². The summed E-state index contributed by atoms with van der Waals surface area (Å²) in [6, 6.07) is 2.58. The van der Waals surface area contributed by atoms with Crippen molar-refractivity contribution in [2.75, 3.05) is 6.54 Å². The van der Waals surface area contributed by atoms with Crippen LogP contribution in [0.1, 0.15) is 51.0 Å². The summed E-state index contributed by atoms with van der Waals surface area (Å²) in [5.74, 6) is 0.179. The van der Waals surface area contributed by atoms with Crippen LogP contribution in [0.2, 0.25) is 0 Å². The standard InChI is InChI=1S/C19H26N6O/c26-19(18-3-1-2-9-21-18)24-15-4-6-16(7-5-15)25-12-14(11-23-25)17-8-10-20-13-22-17/h8,10-13,15-16,18,21H,1-7,9H2,(H,24,26)/t15?,16?,18-/m0/s1. The molecule has 1 amide bonds. The number of piperidine rings is 1. The Balaban J connectivity index is 1.30. The molecule has 4 rings (SSSR count). The molecule has 7 heteroatoms. The molecule has 0 unspecified atom stereocenters. The molecular formula is C19H26N6O. The minimum Gasteiger partial charge on any atom is -0.352 e. The molecule has 1 aliphatic heterocycles. The fourth-order valence-corrected chi connectivity index (χ4v) is 3.99. The van der Waals surface area contributed by atoms with Gasteiger partial charge < -0.3 is 10.6 Å².